The van der Waals surface area contributed by atoms with Crippen LogP contribution in [0.15, 0.2) is 12.3 Å². The highest BCUT2D eigenvalue weighted by Crippen LogP contribution is 2.30. The van der Waals surface area contributed by atoms with Gasteiger partial charge in [0.05, 0.1) is 25.9 Å². The molecule has 0 amide bonds. The molecule has 5 nitrogen and oxygen atoms in total. The van der Waals surface area contributed by atoms with Gasteiger partial charge in [-0.05, 0) is 6.42 Å². The summed E-state index contributed by atoms with van der Waals surface area (Å²) in [5.74, 6) is 1.37. The van der Waals surface area contributed by atoms with Crippen molar-refractivity contribution in [3.63, 3.8) is 0 Å². The zero-order chi connectivity index (χ0) is 10.3. The molecule has 2 fully saturated rings. The lowest BCUT2D eigenvalue weighted by Crippen LogP contribution is -2.38. The van der Waals surface area contributed by atoms with Crippen LogP contribution in [0.4, 0.5) is 5.95 Å². The smallest absolute Gasteiger partial charge is 0.229 e. The highest BCUT2D eigenvalue weighted by molar-refractivity contribution is 5.37. The third-order valence-corrected chi connectivity index (χ3v) is 2.98. The van der Waals surface area contributed by atoms with Gasteiger partial charge in [-0.25, -0.2) is 4.98 Å². The molecule has 0 aliphatic carbocycles. The number of rotatable bonds is 2. The number of anilines is 1. The number of nitrogens with zero attached hydrogens (tertiary/aromatic N) is 3. The quantitative estimate of drug-likeness (QED) is 0.705. The molecule has 2 saturated heterocycles. The summed E-state index contributed by atoms with van der Waals surface area (Å²) in [6, 6.07) is 2.20. The zero-order valence-corrected chi connectivity index (χ0v) is 8.59. The standard InChI is InChI=1S/C10H13N3O2/c1-14-9-2-3-11-10(12-9)13-5-8-4-7(13)6-15-8/h2-3,7-8H,4-6H2,1H3/t7-,8+/m0/s1. The summed E-state index contributed by atoms with van der Waals surface area (Å²) in [5.41, 5.74) is 0. The van der Waals surface area contributed by atoms with E-state index in [9.17, 15) is 0 Å². The molecule has 15 heavy (non-hydrogen) atoms. The van der Waals surface area contributed by atoms with Crippen molar-refractivity contribution >= 4 is 5.95 Å². The van der Waals surface area contributed by atoms with E-state index in [-0.39, 0.29) is 0 Å². The van der Waals surface area contributed by atoms with Crippen LogP contribution in [0.5, 0.6) is 5.88 Å². The first-order valence-corrected chi connectivity index (χ1v) is 5.12. The molecular formula is C10H13N3O2. The fourth-order valence-electron chi connectivity index (χ4n) is 2.23. The van der Waals surface area contributed by atoms with Crippen LogP contribution >= 0.6 is 0 Å². The van der Waals surface area contributed by atoms with Crippen molar-refractivity contribution in [2.24, 2.45) is 0 Å². The van der Waals surface area contributed by atoms with E-state index in [1.807, 2.05) is 0 Å². The Kier molecular flexibility index (Phi) is 1.98. The molecule has 5 heteroatoms. The average molecular weight is 207 g/mol. The normalized spacial score (nSPS) is 28.5. The molecule has 2 bridgehead atoms. The largest absolute Gasteiger partial charge is 0.481 e. The van der Waals surface area contributed by atoms with Gasteiger partial charge >= 0.3 is 0 Å². The molecular weight excluding hydrogens is 194 g/mol. The Morgan fingerprint density at radius 3 is 3.20 bits per heavy atom. The van der Waals surface area contributed by atoms with Gasteiger partial charge in [0.15, 0.2) is 0 Å². The molecule has 0 spiro atoms. The summed E-state index contributed by atoms with van der Waals surface area (Å²) in [7, 11) is 1.62. The second-order valence-electron chi connectivity index (χ2n) is 3.90. The maximum Gasteiger partial charge on any atom is 0.229 e. The molecule has 2 atom stereocenters. The van der Waals surface area contributed by atoms with Crippen molar-refractivity contribution in [2.45, 2.75) is 18.6 Å². The zero-order valence-electron chi connectivity index (χ0n) is 8.59. The van der Waals surface area contributed by atoms with Gasteiger partial charge in [0.1, 0.15) is 0 Å². The minimum Gasteiger partial charge on any atom is -0.481 e. The molecule has 2 aliphatic heterocycles. The van der Waals surface area contributed by atoms with E-state index >= 15 is 0 Å². The van der Waals surface area contributed by atoms with Crippen molar-refractivity contribution in [1.82, 2.24) is 9.97 Å². The number of ether oxygens (including phenoxy) is 2. The van der Waals surface area contributed by atoms with E-state index in [2.05, 4.69) is 14.9 Å². The van der Waals surface area contributed by atoms with Gasteiger partial charge in [-0.15, -0.1) is 0 Å². The fraction of sp³-hybridized carbons (Fsp3) is 0.600. The maximum absolute atomic E-state index is 5.53. The third kappa shape index (κ3) is 1.43. The van der Waals surface area contributed by atoms with Crippen LogP contribution < -0.4 is 9.64 Å². The number of morpholine rings is 1. The van der Waals surface area contributed by atoms with Gasteiger partial charge in [-0.2, -0.15) is 4.98 Å². The number of fused-ring (bicyclic) bond motifs is 2. The van der Waals surface area contributed by atoms with Gasteiger partial charge in [0.25, 0.3) is 0 Å². The summed E-state index contributed by atoms with van der Waals surface area (Å²) >= 11 is 0. The molecule has 80 valence electrons. The minimum absolute atomic E-state index is 0.366. The van der Waals surface area contributed by atoms with E-state index in [1.165, 1.54) is 0 Å². The van der Waals surface area contributed by atoms with Crippen molar-refractivity contribution < 1.29 is 9.47 Å². The second kappa shape index (κ2) is 3.34. The van der Waals surface area contributed by atoms with Crippen molar-refractivity contribution in [3.05, 3.63) is 12.3 Å². The van der Waals surface area contributed by atoms with Crippen LogP contribution in [-0.2, 0) is 4.74 Å². The molecule has 1 aromatic heterocycles. The maximum atomic E-state index is 5.53. The lowest BCUT2D eigenvalue weighted by Gasteiger charge is -2.26. The summed E-state index contributed by atoms with van der Waals surface area (Å²) in [5, 5.41) is 0. The van der Waals surface area contributed by atoms with Crippen LogP contribution in [0.3, 0.4) is 0 Å². The van der Waals surface area contributed by atoms with E-state index in [1.54, 1.807) is 19.4 Å². The summed E-state index contributed by atoms with van der Waals surface area (Å²) in [6.07, 6.45) is 3.19. The van der Waals surface area contributed by atoms with Crippen molar-refractivity contribution in [3.8, 4) is 5.88 Å². The van der Waals surface area contributed by atoms with E-state index in [0.29, 0.717) is 18.0 Å². The first-order valence-electron chi connectivity index (χ1n) is 5.12. The predicted molar refractivity (Wildman–Crippen MR) is 54.1 cm³/mol. The average Bonchev–Trinajstić information content (AvgIpc) is 2.91. The molecule has 3 heterocycles. The Labute approximate surface area is 88.0 Å². The van der Waals surface area contributed by atoms with Crippen molar-refractivity contribution in [1.29, 1.82) is 0 Å². The molecule has 0 N–H and O–H groups in total. The molecule has 0 unspecified atom stereocenters. The van der Waals surface area contributed by atoms with Gasteiger partial charge < -0.3 is 14.4 Å². The van der Waals surface area contributed by atoms with Crippen LogP contribution in [-0.4, -0.2) is 42.4 Å². The Balaban J connectivity index is 1.86. The molecule has 0 saturated carbocycles. The Bertz CT molecular complexity index is 371. The Morgan fingerprint density at radius 2 is 2.53 bits per heavy atom. The van der Waals surface area contributed by atoms with E-state index in [4.69, 9.17) is 9.47 Å². The lowest BCUT2D eigenvalue weighted by molar-refractivity contribution is 0.0986. The first kappa shape index (κ1) is 8.91. The Morgan fingerprint density at radius 1 is 1.60 bits per heavy atom. The lowest BCUT2D eigenvalue weighted by atomic mass is 10.2. The predicted octanol–water partition coefficient (Wildman–Crippen LogP) is 0.463. The summed E-state index contributed by atoms with van der Waals surface area (Å²) < 4.78 is 10.6. The molecule has 1 aromatic rings. The molecule has 0 aromatic carbocycles. The molecule has 3 rings (SSSR count). The topological polar surface area (TPSA) is 47.5 Å². The van der Waals surface area contributed by atoms with Crippen LogP contribution in [0.1, 0.15) is 6.42 Å². The number of methoxy groups -OCH3 is 1. The Hall–Kier alpha value is -1.36. The minimum atomic E-state index is 0.366. The second-order valence-corrected chi connectivity index (χ2v) is 3.90. The highest BCUT2D eigenvalue weighted by atomic mass is 16.5. The van der Waals surface area contributed by atoms with Gasteiger partial charge in [-0.3, -0.25) is 0 Å². The monoisotopic (exact) mass is 207 g/mol. The summed E-state index contributed by atoms with van der Waals surface area (Å²) in [6.45, 7) is 1.70. The van der Waals surface area contributed by atoms with Gasteiger partial charge in [0.2, 0.25) is 11.8 Å². The van der Waals surface area contributed by atoms with E-state index < -0.39 is 0 Å². The number of hydrogen-bond donors (Lipinski definition) is 0. The first-order chi connectivity index (χ1) is 7.36. The SMILES string of the molecule is COc1ccnc(N2C[C@H]3C[C@H]2CO3)n1. The summed E-state index contributed by atoms with van der Waals surface area (Å²) in [4.78, 5) is 10.8. The van der Waals surface area contributed by atoms with Crippen LogP contribution in [0.25, 0.3) is 0 Å². The van der Waals surface area contributed by atoms with Crippen LogP contribution in [0, 0.1) is 0 Å². The number of hydrogen-bond acceptors (Lipinski definition) is 5. The molecule has 2 aliphatic rings. The van der Waals surface area contributed by atoms with Crippen molar-refractivity contribution in [2.75, 3.05) is 25.2 Å². The van der Waals surface area contributed by atoms with Gasteiger partial charge in [0, 0.05) is 18.8 Å². The fourth-order valence-corrected chi connectivity index (χ4v) is 2.23. The highest BCUT2D eigenvalue weighted by Gasteiger charge is 2.40. The molecule has 0 radical (unpaired) electrons. The van der Waals surface area contributed by atoms with Crippen LogP contribution in [0.2, 0.25) is 0 Å². The van der Waals surface area contributed by atoms with E-state index in [0.717, 1.165) is 25.5 Å². The number of aromatic nitrogens is 2. The third-order valence-electron chi connectivity index (χ3n) is 2.98. The van der Waals surface area contributed by atoms with Gasteiger partial charge in [-0.1, -0.05) is 0 Å².